The van der Waals surface area contributed by atoms with Crippen molar-refractivity contribution >= 4 is 0 Å². The number of hydrogen-bond donors (Lipinski definition) is 1. The van der Waals surface area contributed by atoms with Gasteiger partial charge in [0.05, 0.1) is 12.7 Å². The highest BCUT2D eigenvalue weighted by Gasteiger charge is 2.44. The highest BCUT2D eigenvalue weighted by Crippen LogP contribution is 2.45. The van der Waals surface area contributed by atoms with E-state index in [-0.39, 0.29) is 0 Å². The van der Waals surface area contributed by atoms with E-state index in [1.165, 1.54) is 7.11 Å². The first kappa shape index (κ1) is 9.40. The molecule has 1 heterocycles. The van der Waals surface area contributed by atoms with Crippen LogP contribution in [0.4, 0.5) is 0 Å². The van der Waals surface area contributed by atoms with Crippen LogP contribution in [0, 0.1) is 5.92 Å². The fourth-order valence-electron chi connectivity index (χ4n) is 1.78. The van der Waals surface area contributed by atoms with Gasteiger partial charge in [-0.25, -0.2) is 9.97 Å². The standard InChI is InChI=1S/C10H14N2O2/c1-7-3-4-10(7,13)8-5-11-9(14-2)12-6-8/h5-7,13H,3-4H2,1-2H3. The van der Waals surface area contributed by atoms with Crippen LogP contribution in [0.15, 0.2) is 12.4 Å². The van der Waals surface area contributed by atoms with Gasteiger partial charge in [-0.1, -0.05) is 6.92 Å². The van der Waals surface area contributed by atoms with Crippen molar-refractivity contribution in [2.24, 2.45) is 5.92 Å². The molecule has 1 N–H and O–H groups in total. The third-order valence-electron chi connectivity index (χ3n) is 3.08. The summed E-state index contributed by atoms with van der Waals surface area (Å²) in [6.45, 7) is 2.04. The lowest BCUT2D eigenvalue weighted by Gasteiger charge is -2.43. The molecular formula is C10H14N2O2. The zero-order chi connectivity index (χ0) is 10.2. The fourth-order valence-corrected chi connectivity index (χ4v) is 1.78. The van der Waals surface area contributed by atoms with Crippen LogP contribution in [0.25, 0.3) is 0 Å². The average molecular weight is 194 g/mol. The smallest absolute Gasteiger partial charge is 0.316 e. The second kappa shape index (κ2) is 3.20. The predicted octanol–water partition coefficient (Wildman–Crippen LogP) is 1.10. The number of methoxy groups -OCH3 is 1. The molecule has 1 aliphatic rings. The summed E-state index contributed by atoms with van der Waals surface area (Å²) in [7, 11) is 1.52. The Balaban J connectivity index is 2.24. The van der Waals surface area contributed by atoms with E-state index in [4.69, 9.17) is 4.74 Å². The maximum absolute atomic E-state index is 10.2. The first-order valence-corrected chi connectivity index (χ1v) is 4.75. The van der Waals surface area contributed by atoms with Crippen molar-refractivity contribution in [1.82, 2.24) is 9.97 Å². The molecule has 14 heavy (non-hydrogen) atoms. The molecule has 1 fully saturated rings. The Morgan fingerprint density at radius 3 is 2.50 bits per heavy atom. The van der Waals surface area contributed by atoms with Crippen LogP contribution in [-0.2, 0) is 5.60 Å². The molecule has 4 nitrogen and oxygen atoms in total. The molecule has 0 spiro atoms. The third-order valence-corrected chi connectivity index (χ3v) is 3.08. The molecule has 2 unspecified atom stereocenters. The van der Waals surface area contributed by atoms with Gasteiger partial charge in [-0.2, -0.15) is 0 Å². The average Bonchev–Trinajstić information content (AvgIpc) is 2.26. The number of aliphatic hydroxyl groups is 1. The van der Waals surface area contributed by atoms with Crippen LogP contribution in [-0.4, -0.2) is 22.2 Å². The Labute approximate surface area is 83.0 Å². The van der Waals surface area contributed by atoms with Gasteiger partial charge in [-0.3, -0.25) is 0 Å². The molecule has 0 aliphatic heterocycles. The second-order valence-corrected chi connectivity index (χ2v) is 3.82. The lowest BCUT2D eigenvalue weighted by molar-refractivity contribution is -0.0936. The molecule has 0 aromatic carbocycles. The SMILES string of the molecule is COc1ncc(C2(O)CCC2C)cn1. The van der Waals surface area contributed by atoms with Crippen LogP contribution in [0.3, 0.4) is 0 Å². The topological polar surface area (TPSA) is 55.2 Å². The minimum Gasteiger partial charge on any atom is -0.467 e. The molecule has 1 aromatic heterocycles. The van der Waals surface area contributed by atoms with E-state index < -0.39 is 5.60 Å². The van der Waals surface area contributed by atoms with Crippen LogP contribution < -0.4 is 4.74 Å². The number of nitrogens with zero attached hydrogens (tertiary/aromatic N) is 2. The molecule has 1 aromatic rings. The molecule has 2 atom stereocenters. The van der Waals surface area contributed by atoms with Crippen molar-refractivity contribution in [1.29, 1.82) is 0 Å². The molecule has 1 saturated carbocycles. The summed E-state index contributed by atoms with van der Waals surface area (Å²) in [5.41, 5.74) is 0.0729. The Bertz CT molecular complexity index is 325. The Morgan fingerprint density at radius 1 is 1.50 bits per heavy atom. The molecule has 0 radical (unpaired) electrons. The molecule has 0 bridgehead atoms. The van der Waals surface area contributed by atoms with E-state index in [1.54, 1.807) is 12.4 Å². The summed E-state index contributed by atoms with van der Waals surface area (Å²) in [5.74, 6) is 0.291. The maximum Gasteiger partial charge on any atom is 0.316 e. The van der Waals surface area contributed by atoms with Gasteiger partial charge in [0.2, 0.25) is 0 Å². The normalized spacial score (nSPS) is 30.9. The van der Waals surface area contributed by atoms with E-state index in [0.29, 0.717) is 11.9 Å². The van der Waals surface area contributed by atoms with Gasteiger partial charge in [0.25, 0.3) is 0 Å². The lowest BCUT2D eigenvalue weighted by Crippen LogP contribution is -2.42. The van der Waals surface area contributed by atoms with Crippen LogP contribution in [0.5, 0.6) is 6.01 Å². The van der Waals surface area contributed by atoms with Crippen LogP contribution in [0.2, 0.25) is 0 Å². The minimum atomic E-state index is -0.716. The van der Waals surface area contributed by atoms with Gasteiger partial charge in [-0.05, 0) is 18.8 Å². The quantitative estimate of drug-likeness (QED) is 0.766. The molecule has 0 saturated heterocycles. The number of hydrogen-bond acceptors (Lipinski definition) is 4. The summed E-state index contributed by atoms with van der Waals surface area (Å²) in [6.07, 6.45) is 5.13. The van der Waals surface area contributed by atoms with E-state index in [2.05, 4.69) is 9.97 Å². The Kier molecular flexibility index (Phi) is 2.15. The molecule has 2 rings (SSSR count). The summed E-state index contributed by atoms with van der Waals surface area (Å²) in [4.78, 5) is 7.97. The first-order valence-electron chi connectivity index (χ1n) is 4.75. The second-order valence-electron chi connectivity index (χ2n) is 3.82. The van der Waals surface area contributed by atoms with Crippen molar-refractivity contribution in [2.45, 2.75) is 25.4 Å². The van der Waals surface area contributed by atoms with Gasteiger partial charge < -0.3 is 9.84 Å². The molecule has 0 amide bonds. The summed E-state index contributed by atoms with van der Waals surface area (Å²) >= 11 is 0. The number of ether oxygens (including phenoxy) is 1. The molecule has 4 heteroatoms. The van der Waals surface area contributed by atoms with Crippen molar-refractivity contribution in [3.8, 4) is 6.01 Å². The molecule has 76 valence electrons. The largest absolute Gasteiger partial charge is 0.467 e. The fraction of sp³-hybridized carbons (Fsp3) is 0.600. The van der Waals surface area contributed by atoms with Gasteiger partial charge >= 0.3 is 6.01 Å². The van der Waals surface area contributed by atoms with Gasteiger partial charge in [0, 0.05) is 18.0 Å². The van der Waals surface area contributed by atoms with Crippen LogP contribution >= 0.6 is 0 Å². The maximum atomic E-state index is 10.2. The van der Waals surface area contributed by atoms with E-state index in [1.807, 2.05) is 6.92 Å². The van der Waals surface area contributed by atoms with Gasteiger partial charge in [-0.15, -0.1) is 0 Å². The zero-order valence-corrected chi connectivity index (χ0v) is 8.40. The van der Waals surface area contributed by atoms with Crippen molar-refractivity contribution in [3.05, 3.63) is 18.0 Å². The van der Waals surface area contributed by atoms with E-state index >= 15 is 0 Å². The Hall–Kier alpha value is -1.16. The number of aromatic nitrogens is 2. The lowest BCUT2D eigenvalue weighted by atomic mass is 9.67. The van der Waals surface area contributed by atoms with Crippen LogP contribution in [0.1, 0.15) is 25.3 Å². The monoisotopic (exact) mass is 194 g/mol. The first-order chi connectivity index (χ1) is 6.66. The number of rotatable bonds is 2. The molecule has 1 aliphatic carbocycles. The highest BCUT2D eigenvalue weighted by atomic mass is 16.5. The zero-order valence-electron chi connectivity index (χ0n) is 8.40. The molecular weight excluding hydrogens is 180 g/mol. The van der Waals surface area contributed by atoms with E-state index in [9.17, 15) is 5.11 Å². The highest BCUT2D eigenvalue weighted by molar-refractivity contribution is 5.21. The summed E-state index contributed by atoms with van der Waals surface area (Å²) < 4.78 is 4.86. The minimum absolute atomic E-state index is 0.291. The summed E-state index contributed by atoms with van der Waals surface area (Å²) in [5, 5.41) is 10.2. The van der Waals surface area contributed by atoms with Gasteiger partial charge in [0.1, 0.15) is 0 Å². The van der Waals surface area contributed by atoms with Crippen molar-refractivity contribution in [3.63, 3.8) is 0 Å². The Morgan fingerprint density at radius 2 is 2.14 bits per heavy atom. The third kappa shape index (κ3) is 1.26. The summed E-state index contributed by atoms with van der Waals surface area (Å²) in [6, 6.07) is 0.337. The van der Waals surface area contributed by atoms with E-state index in [0.717, 1.165) is 18.4 Å². The van der Waals surface area contributed by atoms with Gasteiger partial charge in [0.15, 0.2) is 0 Å². The van der Waals surface area contributed by atoms with Crippen molar-refractivity contribution < 1.29 is 9.84 Å². The predicted molar refractivity (Wildman–Crippen MR) is 50.9 cm³/mol. The van der Waals surface area contributed by atoms with Crippen molar-refractivity contribution in [2.75, 3.05) is 7.11 Å².